The molecule has 20 heavy (non-hydrogen) atoms. The molecule has 0 saturated carbocycles. The Balaban J connectivity index is 1.97. The largest absolute Gasteiger partial charge is 0.497 e. The van der Waals surface area contributed by atoms with E-state index < -0.39 is 5.91 Å². The van der Waals surface area contributed by atoms with Crippen LogP contribution in [-0.4, -0.2) is 19.6 Å². The summed E-state index contributed by atoms with van der Waals surface area (Å²) in [6, 6.07) is 14.7. The lowest BCUT2D eigenvalue weighted by Gasteiger charge is -2.09. The number of benzene rings is 2. The van der Waals surface area contributed by atoms with Gasteiger partial charge in [-0.3, -0.25) is 4.79 Å². The Hall–Kier alpha value is -2.49. The lowest BCUT2D eigenvalue weighted by atomic mass is 10.0. The van der Waals surface area contributed by atoms with E-state index in [2.05, 4.69) is 0 Å². The molecule has 0 aliphatic carbocycles. The average Bonchev–Trinajstić information content (AvgIpc) is 2.48. The highest BCUT2D eigenvalue weighted by Crippen LogP contribution is 2.19. The molecule has 0 atom stereocenters. The number of amides is 1. The summed E-state index contributed by atoms with van der Waals surface area (Å²) in [5, 5.41) is 0. The van der Waals surface area contributed by atoms with E-state index in [1.807, 2.05) is 36.4 Å². The molecule has 0 aromatic heterocycles. The van der Waals surface area contributed by atoms with Gasteiger partial charge < -0.3 is 15.2 Å². The van der Waals surface area contributed by atoms with Crippen molar-refractivity contribution in [2.24, 2.45) is 5.73 Å². The molecule has 4 heteroatoms. The molecule has 0 aliphatic heterocycles. The molecule has 104 valence electrons. The maximum atomic E-state index is 11.3. The number of hydrogen-bond donors (Lipinski definition) is 1. The number of methoxy groups -OCH3 is 1. The van der Waals surface area contributed by atoms with Crippen molar-refractivity contribution in [1.29, 1.82) is 0 Å². The Labute approximate surface area is 118 Å². The molecule has 0 bridgehead atoms. The minimum atomic E-state index is -0.415. The average molecular weight is 271 g/mol. The Morgan fingerprint density at radius 3 is 2.60 bits per heavy atom. The van der Waals surface area contributed by atoms with Crippen LogP contribution in [0.15, 0.2) is 48.5 Å². The Morgan fingerprint density at radius 1 is 1.10 bits per heavy atom. The van der Waals surface area contributed by atoms with Gasteiger partial charge in [0.1, 0.15) is 11.5 Å². The highest BCUT2D eigenvalue weighted by atomic mass is 16.5. The van der Waals surface area contributed by atoms with Crippen molar-refractivity contribution >= 4 is 5.91 Å². The van der Waals surface area contributed by atoms with Gasteiger partial charge in [0.05, 0.1) is 13.7 Å². The molecule has 0 radical (unpaired) electrons. The molecular formula is C16H17NO3. The van der Waals surface area contributed by atoms with Crippen LogP contribution in [0.5, 0.6) is 11.5 Å². The molecule has 0 heterocycles. The van der Waals surface area contributed by atoms with Crippen LogP contribution in [0, 0.1) is 0 Å². The van der Waals surface area contributed by atoms with E-state index >= 15 is 0 Å². The lowest BCUT2D eigenvalue weighted by molar-refractivity contribution is 0.0999. The summed E-state index contributed by atoms with van der Waals surface area (Å²) in [6.45, 7) is 0.470. The van der Waals surface area contributed by atoms with Crippen molar-refractivity contribution in [1.82, 2.24) is 0 Å². The number of nitrogens with two attached hydrogens (primary N) is 1. The van der Waals surface area contributed by atoms with Crippen LogP contribution >= 0.6 is 0 Å². The van der Waals surface area contributed by atoms with Crippen LogP contribution in [0.3, 0.4) is 0 Å². The van der Waals surface area contributed by atoms with Crippen LogP contribution < -0.4 is 15.2 Å². The minimum Gasteiger partial charge on any atom is -0.497 e. The summed E-state index contributed by atoms with van der Waals surface area (Å²) in [6.07, 6.45) is 0.621. The minimum absolute atomic E-state index is 0.415. The number of rotatable bonds is 6. The van der Waals surface area contributed by atoms with Gasteiger partial charge in [0.25, 0.3) is 0 Å². The van der Waals surface area contributed by atoms with Gasteiger partial charge in [-0.25, -0.2) is 0 Å². The highest BCUT2D eigenvalue weighted by molar-refractivity contribution is 5.94. The summed E-state index contributed by atoms with van der Waals surface area (Å²) < 4.78 is 10.8. The fourth-order valence-corrected chi connectivity index (χ4v) is 1.95. The number of ether oxygens (including phenoxy) is 2. The van der Waals surface area contributed by atoms with Crippen LogP contribution in [0.4, 0.5) is 0 Å². The normalized spacial score (nSPS) is 10.1. The van der Waals surface area contributed by atoms with E-state index in [1.165, 1.54) is 0 Å². The summed E-state index contributed by atoms with van der Waals surface area (Å²) in [4.78, 5) is 11.3. The molecule has 0 aliphatic rings. The van der Waals surface area contributed by atoms with Gasteiger partial charge >= 0.3 is 0 Å². The first-order valence-electron chi connectivity index (χ1n) is 6.35. The molecular weight excluding hydrogens is 254 g/mol. The zero-order valence-corrected chi connectivity index (χ0v) is 11.3. The highest BCUT2D eigenvalue weighted by Gasteiger charge is 2.07. The van der Waals surface area contributed by atoms with Crippen LogP contribution in [0.2, 0.25) is 0 Å². The summed E-state index contributed by atoms with van der Waals surface area (Å²) in [7, 11) is 1.61. The topological polar surface area (TPSA) is 61.6 Å². The lowest BCUT2D eigenvalue weighted by Crippen LogP contribution is -2.15. The third-order valence-corrected chi connectivity index (χ3v) is 2.96. The Kier molecular flexibility index (Phi) is 4.60. The van der Waals surface area contributed by atoms with Gasteiger partial charge in [-0.05, 0) is 23.8 Å². The van der Waals surface area contributed by atoms with Crippen molar-refractivity contribution in [2.45, 2.75) is 6.42 Å². The van der Waals surface area contributed by atoms with Gasteiger partial charge in [-0.1, -0.05) is 24.3 Å². The molecule has 2 aromatic carbocycles. The van der Waals surface area contributed by atoms with Crippen LogP contribution in [0.1, 0.15) is 15.9 Å². The fourth-order valence-electron chi connectivity index (χ4n) is 1.95. The van der Waals surface area contributed by atoms with E-state index in [0.29, 0.717) is 18.6 Å². The molecule has 2 aromatic rings. The first-order chi connectivity index (χ1) is 9.70. The number of carbonyl (C=O) groups excluding carboxylic acids is 1. The second-order valence-electron chi connectivity index (χ2n) is 4.30. The van der Waals surface area contributed by atoms with Crippen molar-refractivity contribution < 1.29 is 14.3 Å². The molecule has 0 spiro atoms. The first kappa shape index (κ1) is 13.9. The zero-order chi connectivity index (χ0) is 14.4. The Bertz CT molecular complexity index is 596. The van der Waals surface area contributed by atoms with Gasteiger partial charge in [-0.2, -0.15) is 0 Å². The second-order valence-corrected chi connectivity index (χ2v) is 4.30. The van der Waals surface area contributed by atoms with Gasteiger partial charge in [0.15, 0.2) is 0 Å². The molecule has 2 N–H and O–H groups in total. The molecule has 0 saturated heterocycles. The summed E-state index contributed by atoms with van der Waals surface area (Å²) in [5.74, 6) is 1.07. The monoisotopic (exact) mass is 271 g/mol. The van der Waals surface area contributed by atoms with Crippen LogP contribution in [0.25, 0.3) is 0 Å². The zero-order valence-electron chi connectivity index (χ0n) is 11.3. The molecule has 0 unspecified atom stereocenters. The molecule has 2 rings (SSSR count). The SMILES string of the molecule is COc1cccc(OCCc2ccccc2C(N)=O)c1. The van der Waals surface area contributed by atoms with Gasteiger partial charge in [-0.15, -0.1) is 0 Å². The van der Waals surface area contributed by atoms with Crippen molar-refractivity contribution in [3.63, 3.8) is 0 Å². The fraction of sp³-hybridized carbons (Fsp3) is 0.188. The molecule has 1 amide bonds. The van der Waals surface area contributed by atoms with Gasteiger partial charge in [0, 0.05) is 18.1 Å². The smallest absolute Gasteiger partial charge is 0.248 e. The van der Waals surface area contributed by atoms with Crippen molar-refractivity contribution in [2.75, 3.05) is 13.7 Å². The predicted octanol–water partition coefficient (Wildman–Crippen LogP) is 2.42. The Morgan fingerprint density at radius 2 is 1.85 bits per heavy atom. The quantitative estimate of drug-likeness (QED) is 0.877. The molecule has 0 fully saturated rings. The standard InChI is InChI=1S/C16H17NO3/c1-19-13-6-4-7-14(11-13)20-10-9-12-5-2-3-8-15(12)16(17)18/h2-8,11H,9-10H2,1H3,(H2,17,18). The van der Waals surface area contributed by atoms with E-state index in [-0.39, 0.29) is 0 Å². The first-order valence-corrected chi connectivity index (χ1v) is 6.35. The maximum Gasteiger partial charge on any atom is 0.248 e. The van der Waals surface area contributed by atoms with Crippen molar-refractivity contribution in [3.05, 3.63) is 59.7 Å². The van der Waals surface area contributed by atoms with Crippen molar-refractivity contribution in [3.8, 4) is 11.5 Å². The molecule has 4 nitrogen and oxygen atoms in total. The summed E-state index contributed by atoms with van der Waals surface area (Å²) in [5.41, 5.74) is 6.77. The maximum absolute atomic E-state index is 11.3. The second kappa shape index (κ2) is 6.61. The third kappa shape index (κ3) is 3.51. The van der Waals surface area contributed by atoms with Crippen LogP contribution in [-0.2, 0) is 6.42 Å². The van der Waals surface area contributed by atoms with E-state index in [4.69, 9.17) is 15.2 Å². The van der Waals surface area contributed by atoms with E-state index in [0.717, 1.165) is 17.1 Å². The summed E-state index contributed by atoms with van der Waals surface area (Å²) >= 11 is 0. The number of hydrogen-bond acceptors (Lipinski definition) is 3. The number of carbonyl (C=O) groups is 1. The van der Waals surface area contributed by atoms with E-state index in [9.17, 15) is 4.79 Å². The predicted molar refractivity (Wildman–Crippen MR) is 77.2 cm³/mol. The van der Waals surface area contributed by atoms with E-state index in [1.54, 1.807) is 19.2 Å². The third-order valence-electron chi connectivity index (χ3n) is 2.96. The van der Waals surface area contributed by atoms with Gasteiger partial charge in [0.2, 0.25) is 5.91 Å². The number of primary amides is 1.